The molecule has 0 aliphatic rings. The van der Waals surface area contributed by atoms with E-state index in [1.54, 1.807) is 0 Å². The van der Waals surface area contributed by atoms with Gasteiger partial charge in [0.2, 0.25) is 0 Å². The van der Waals surface area contributed by atoms with E-state index in [4.69, 9.17) is 4.74 Å². The Morgan fingerprint density at radius 1 is 1.07 bits per heavy atom. The van der Waals surface area contributed by atoms with Crippen molar-refractivity contribution in [1.29, 1.82) is 0 Å². The highest BCUT2D eigenvalue weighted by atomic mass is 16.5. The molecule has 0 heterocycles. The minimum Gasteiger partial charge on any atom is -0.396 e. The van der Waals surface area contributed by atoms with Gasteiger partial charge in [0.05, 0.1) is 13.2 Å². The minimum atomic E-state index is -0.0383. The van der Waals surface area contributed by atoms with Crippen LogP contribution in [-0.2, 0) is 4.74 Å². The van der Waals surface area contributed by atoms with Gasteiger partial charge in [-0.3, -0.25) is 0 Å². The Hall–Kier alpha value is -0.0800. The summed E-state index contributed by atoms with van der Waals surface area (Å²) in [7, 11) is 0. The van der Waals surface area contributed by atoms with Gasteiger partial charge in [0, 0.05) is 12.0 Å². The summed E-state index contributed by atoms with van der Waals surface area (Å²) in [5, 5.41) is 9.18. The van der Waals surface area contributed by atoms with Gasteiger partial charge in [-0.15, -0.1) is 0 Å². The van der Waals surface area contributed by atoms with Gasteiger partial charge >= 0.3 is 0 Å². The lowest BCUT2D eigenvalue weighted by Crippen LogP contribution is -2.26. The van der Waals surface area contributed by atoms with Crippen LogP contribution in [0.4, 0.5) is 0 Å². The predicted octanol–water partition coefficient (Wildman–Crippen LogP) is 3.38. The topological polar surface area (TPSA) is 29.5 Å². The monoisotopic (exact) mass is 216 g/mol. The van der Waals surface area contributed by atoms with Gasteiger partial charge in [-0.2, -0.15) is 0 Å². The second-order valence-electron chi connectivity index (χ2n) is 4.79. The third kappa shape index (κ3) is 7.80. The Morgan fingerprint density at radius 3 is 2.27 bits per heavy atom. The van der Waals surface area contributed by atoms with Crippen molar-refractivity contribution in [2.24, 2.45) is 5.41 Å². The summed E-state index contributed by atoms with van der Waals surface area (Å²) in [5.74, 6) is 0. The van der Waals surface area contributed by atoms with Crippen LogP contribution in [0, 0.1) is 5.41 Å². The molecule has 15 heavy (non-hydrogen) atoms. The van der Waals surface area contributed by atoms with Crippen LogP contribution >= 0.6 is 0 Å². The molecule has 92 valence electrons. The highest BCUT2D eigenvalue weighted by molar-refractivity contribution is 4.70. The molecule has 2 heteroatoms. The lowest BCUT2D eigenvalue weighted by Gasteiger charge is -2.25. The number of rotatable bonds is 10. The van der Waals surface area contributed by atoms with Crippen LogP contribution in [0.3, 0.4) is 0 Å². The van der Waals surface area contributed by atoms with Crippen LogP contribution in [-0.4, -0.2) is 24.9 Å². The molecule has 1 unspecified atom stereocenters. The van der Waals surface area contributed by atoms with Crippen LogP contribution < -0.4 is 0 Å². The molecule has 2 nitrogen and oxygen atoms in total. The molecule has 0 bridgehead atoms. The fourth-order valence-corrected chi connectivity index (χ4v) is 1.39. The van der Waals surface area contributed by atoms with Crippen molar-refractivity contribution in [3.05, 3.63) is 0 Å². The van der Waals surface area contributed by atoms with Crippen molar-refractivity contribution in [1.82, 2.24) is 0 Å². The molecule has 0 amide bonds. The van der Waals surface area contributed by atoms with Crippen LogP contribution in [0.15, 0.2) is 0 Å². The first-order chi connectivity index (χ1) is 7.18. The van der Waals surface area contributed by atoms with Gasteiger partial charge in [0.15, 0.2) is 0 Å². The maximum absolute atomic E-state index is 9.18. The lowest BCUT2D eigenvalue weighted by molar-refractivity contribution is 0.0137. The summed E-state index contributed by atoms with van der Waals surface area (Å²) in [6.07, 6.45) is 7.36. The van der Waals surface area contributed by atoms with Crippen molar-refractivity contribution >= 4 is 0 Å². The predicted molar refractivity (Wildman–Crippen MR) is 65.1 cm³/mol. The van der Waals surface area contributed by atoms with Gasteiger partial charge in [-0.1, -0.05) is 46.5 Å². The van der Waals surface area contributed by atoms with E-state index in [1.165, 1.54) is 25.7 Å². The highest BCUT2D eigenvalue weighted by Gasteiger charge is 2.20. The maximum Gasteiger partial charge on any atom is 0.0541 e. The van der Waals surface area contributed by atoms with Gasteiger partial charge in [0.1, 0.15) is 0 Å². The van der Waals surface area contributed by atoms with Crippen LogP contribution in [0.5, 0.6) is 0 Å². The van der Waals surface area contributed by atoms with Gasteiger partial charge in [-0.25, -0.2) is 0 Å². The second-order valence-corrected chi connectivity index (χ2v) is 4.79. The Morgan fingerprint density at radius 2 is 1.73 bits per heavy atom. The minimum absolute atomic E-state index is 0.0383. The zero-order chi connectivity index (χ0) is 11.6. The molecule has 0 saturated carbocycles. The number of ether oxygens (including phenoxy) is 1. The van der Waals surface area contributed by atoms with Crippen molar-refractivity contribution in [2.45, 2.75) is 59.3 Å². The highest BCUT2D eigenvalue weighted by Crippen LogP contribution is 2.20. The SMILES string of the molecule is CCCCCCCOCC(C)(CC)CO. The first-order valence-corrected chi connectivity index (χ1v) is 6.37. The molecular formula is C13H28O2. The van der Waals surface area contributed by atoms with Crippen LogP contribution in [0.2, 0.25) is 0 Å². The molecule has 0 aromatic heterocycles. The molecular weight excluding hydrogens is 188 g/mol. The average Bonchev–Trinajstić information content (AvgIpc) is 2.27. The van der Waals surface area contributed by atoms with Gasteiger partial charge < -0.3 is 9.84 Å². The number of hydrogen-bond acceptors (Lipinski definition) is 2. The largest absolute Gasteiger partial charge is 0.396 e. The molecule has 1 atom stereocenters. The Labute approximate surface area is 95.0 Å². The molecule has 0 rings (SSSR count). The van der Waals surface area contributed by atoms with E-state index in [0.29, 0.717) is 6.61 Å². The van der Waals surface area contributed by atoms with Crippen LogP contribution in [0.1, 0.15) is 59.3 Å². The summed E-state index contributed by atoms with van der Waals surface area (Å²) in [6, 6.07) is 0. The number of aliphatic hydroxyl groups is 1. The third-order valence-electron chi connectivity index (χ3n) is 3.08. The van der Waals surface area contributed by atoms with Gasteiger partial charge in [-0.05, 0) is 12.8 Å². The van der Waals surface area contributed by atoms with Crippen molar-refractivity contribution < 1.29 is 9.84 Å². The zero-order valence-electron chi connectivity index (χ0n) is 10.7. The van der Waals surface area contributed by atoms with E-state index in [1.807, 2.05) is 0 Å². The van der Waals surface area contributed by atoms with E-state index in [2.05, 4.69) is 20.8 Å². The Balaban J connectivity index is 3.29. The van der Waals surface area contributed by atoms with E-state index in [-0.39, 0.29) is 12.0 Å². The first kappa shape index (κ1) is 14.9. The third-order valence-corrected chi connectivity index (χ3v) is 3.08. The molecule has 0 aliphatic carbocycles. The maximum atomic E-state index is 9.18. The summed E-state index contributed by atoms with van der Waals surface area (Å²) < 4.78 is 5.60. The number of hydrogen-bond donors (Lipinski definition) is 1. The number of unbranched alkanes of at least 4 members (excludes halogenated alkanes) is 4. The molecule has 0 aromatic rings. The van der Waals surface area contributed by atoms with Crippen molar-refractivity contribution in [3.8, 4) is 0 Å². The van der Waals surface area contributed by atoms with E-state index in [9.17, 15) is 5.11 Å². The zero-order valence-corrected chi connectivity index (χ0v) is 10.7. The molecule has 0 spiro atoms. The summed E-state index contributed by atoms with van der Waals surface area (Å²) in [5.41, 5.74) is -0.0383. The van der Waals surface area contributed by atoms with E-state index < -0.39 is 0 Å². The molecule has 0 aromatic carbocycles. The summed E-state index contributed by atoms with van der Waals surface area (Å²) in [4.78, 5) is 0. The quantitative estimate of drug-likeness (QED) is 0.567. The normalized spacial score (nSPS) is 15.2. The molecule has 0 saturated heterocycles. The second kappa shape index (κ2) is 9.17. The summed E-state index contributed by atoms with van der Waals surface area (Å²) >= 11 is 0. The fraction of sp³-hybridized carbons (Fsp3) is 1.00. The van der Waals surface area contributed by atoms with E-state index >= 15 is 0 Å². The molecule has 0 aliphatic heterocycles. The fourth-order valence-electron chi connectivity index (χ4n) is 1.39. The number of aliphatic hydroxyl groups excluding tert-OH is 1. The molecule has 1 N–H and O–H groups in total. The van der Waals surface area contributed by atoms with Crippen molar-refractivity contribution in [2.75, 3.05) is 19.8 Å². The standard InChI is InChI=1S/C13H28O2/c1-4-6-7-8-9-10-15-12-13(3,5-2)11-14/h14H,4-12H2,1-3H3. The van der Waals surface area contributed by atoms with Gasteiger partial charge in [0.25, 0.3) is 0 Å². The Kier molecular flexibility index (Phi) is 9.12. The first-order valence-electron chi connectivity index (χ1n) is 6.37. The van der Waals surface area contributed by atoms with Crippen LogP contribution in [0.25, 0.3) is 0 Å². The van der Waals surface area contributed by atoms with Crippen molar-refractivity contribution in [3.63, 3.8) is 0 Å². The Bertz CT molecular complexity index is 130. The molecule has 0 fully saturated rings. The molecule has 0 radical (unpaired) electrons. The average molecular weight is 216 g/mol. The summed E-state index contributed by atoms with van der Waals surface area (Å²) in [6.45, 7) is 8.15. The lowest BCUT2D eigenvalue weighted by atomic mass is 9.90. The van der Waals surface area contributed by atoms with E-state index in [0.717, 1.165) is 19.4 Å². The smallest absolute Gasteiger partial charge is 0.0541 e.